The Morgan fingerprint density at radius 1 is 1.31 bits per heavy atom. The fourth-order valence-corrected chi connectivity index (χ4v) is 1.75. The van der Waals surface area contributed by atoms with Crippen molar-refractivity contribution in [2.75, 3.05) is 5.88 Å². The van der Waals surface area contributed by atoms with Crippen molar-refractivity contribution in [2.45, 2.75) is 33.6 Å². The van der Waals surface area contributed by atoms with Crippen molar-refractivity contribution in [1.29, 1.82) is 0 Å². The highest BCUT2D eigenvalue weighted by Gasteiger charge is 2.29. The Morgan fingerprint density at radius 2 is 1.88 bits per heavy atom. The van der Waals surface area contributed by atoms with Crippen LogP contribution in [0.5, 0.6) is 0 Å². The van der Waals surface area contributed by atoms with Crippen molar-refractivity contribution in [3.8, 4) is 0 Å². The number of carbonyl (C=O) groups excluding carboxylic acids is 1. The molecule has 1 rings (SSSR count). The normalized spacial score (nSPS) is 11.9. The summed E-state index contributed by atoms with van der Waals surface area (Å²) in [5, 5.41) is 0. The van der Waals surface area contributed by atoms with Gasteiger partial charge in [-0.1, -0.05) is 52.0 Å². The Bertz CT molecular complexity index is 380. The molecule has 1 aromatic rings. The highest BCUT2D eigenvalue weighted by atomic mass is 35.5. The molecule has 0 unspecified atom stereocenters. The summed E-state index contributed by atoms with van der Waals surface area (Å²) in [5.41, 5.74) is 1.42. The molecule has 0 aliphatic rings. The molecule has 1 aromatic carbocycles. The SMILES string of the molecule is CC(C)c1ccccc1C(=O)C(C)(C)CCl. The summed E-state index contributed by atoms with van der Waals surface area (Å²) in [6, 6.07) is 7.79. The molecule has 0 aromatic heterocycles. The predicted octanol–water partition coefficient (Wildman–Crippen LogP) is 4.26. The highest BCUT2D eigenvalue weighted by Crippen LogP contribution is 2.28. The summed E-state index contributed by atoms with van der Waals surface area (Å²) >= 11 is 5.85. The molecule has 0 radical (unpaired) electrons. The molecular formula is C14H19ClO. The first-order chi connectivity index (χ1) is 7.40. The van der Waals surface area contributed by atoms with Crippen LogP contribution in [-0.4, -0.2) is 11.7 Å². The standard InChI is InChI=1S/C14H19ClO/c1-10(2)11-7-5-6-8-12(11)13(16)14(3,4)9-15/h5-8,10H,9H2,1-4H3. The van der Waals surface area contributed by atoms with Gasteiger partial charge in [-0.25, -0.2) is 0 Å². The summed E-state index contributed by atoms with van der Waals surface area (Å²) in [7, 11) is 0. The van der Waals surface area contributed by atoms with Crippen LogP contribution in [0.25, 0.3) is 0 Å². The Labute approximate surface area is 103 Å². The molecule has 0 spiro atoms. The third kappa shape index (κ3) is 2.65. The van der Waals surface area contributed by atoms with Gasteiger partial charge in [0.25, 0.3) is 0 Å². The van der Waals surface area contributed by atoms with Crippen LogP contribution < -0.4 is 0 Å². The Kier molecular flexibility index (Phi) is 4.15. The molecule has 0 heterocycles. The molecule has 0 N–H and O–H groups in total. The van der Waals surface area contributed by atoms with Gasteiger partial charge in [0.2, 0.25) is 0 Å². The number of rotatable bonds is 4. The van der Waals surface area contributed by atoms with E-state index in [1.54, 1.807) is 0 Å². The van der Waals surface area contributed by atoms with Gasteiger partial charge in [0.1, 0.15) is 0 Å². The molecule has 88 valence electrons. The highest BCUT2D eigenvalue weighted by molar-refractivity contribution is 6.21. The predicted molar refractivity (Wildman–Crippen MR) is 69.4 cm³/mol. The van der Waals surface area contributed by atoms with Gasteiger partial charge >= 0.3 is 0 Å². The second-order valence-corrected chi connectivity index (χ2v) is 5.36. The first-order valence-corrected chi connectivity index (χ1v) is 6.13. The second-order valence-electron chi connectivity index (χ2n) is 5.09. The van der Waals surface area contributed by atoms with Gasteiger partial charge in [-0.3, -0.25) is 4.79 Å². The van der Waals surface area contributed by atoms with E-state index in [4.69, 9.17) is 11.6 Å². The number of carbonyl (C=O) groups is 1. The van der Waals surface area contributed by atoms with Crippen LogP contribution in [0.15, 0.2) is 24.3 Å². The fraction of sp³-hybridized carbons (Fsp3) is 0.500. The van der Waals surface area contributed by atoms with Gasteiger partial charge in [0, 0.05) is 16.9 Å². The molecule has 0 aliphatic carbocycles. The summed E-state index contributed by atoms with van der Waals surface area (Å²) in [5.74, 6) is 0.830. The quantitative estimate of drug-likeness (QED) is 0.566. The van der Waals surface area contributed by atoms with Crippen LogP contribution in [0.2, 0.25) is 0 Å². The number of halogens is 1. The summed E-state index contributed by atoms with van der Waals surface area (Å²) < 4.78 is 0. The molecule has 0 bridgehead atoms. The van der Waals surface area contributed by atoms with Crippen molar-refractivity contribution < 1.29 is 4.79 Å². The minimum atomic E-state index is -0.494. The minimum Gasteiger partial charge on any atom is -0.294 e. The maximum atomic E-state index is 12.3. The zero-order chi connectivity index (χ0) is 12.3. The van der Waals surface area contributed by atoms with E-state index in [0.717, 1.165) is 11.1 Å². The lowest BCUT2D eigenvalue weighted by molar-refractivity contribution is 0.0860. The van der Waals surface area contributed by atoms with Crippen molar-refractivity contribution in [3.05, 3.63) is 35.4 Å². The number of hydrogen-bond donors (Lipinski definition) is 0. The van der Waals surface area contributed by atoms with Gasteiger partial charge in [0.15, 0.2) is 5.78 Å². The van der Waals surface area contributed by atoms with E-state index in [-0.39, 0.29) is 5.78 Å². The van der Waals surface area contributed by atoms with Gasteiger partial charge in [0.05, 0.1) is 0 Å². The average molecular weight is 239 g/mol. The van der Waals surface area contributed by atoms with E-state index < -0.39 is 5.41 Å². The summed E-state index contributed by atoms with van der Waals surface area (Å²) in [6.07, 6.45) is 0. The fourth-order valence-electron chi connectivity index (χ4n) is 1.63. The Balaban J connectivity index is 3.19. The topological polar surface area (TPSA) is 17.1 Å². The number of Topliss-reactive ketones (excluding diaryl/α,β-unsaturated/α-hetero) is 1. The maximum absolute atomic E-state index is 12.3. The lowest BCUT2D eigenvalue weighted by Gasteiger charge is -2.22. The molecule has 0 saturated carbocycles. The summed E-state index contributed by atoms with van der Waals surface area (Å²) in [6.45, 7) is 7.97. The number of hydrogen-bond acceptors (Lipinski definition) is 1. The van der Waals surface area contributed by atoms with Crippen molar-refractivity contribution in [2.24, 2.45) is 5.41 Å². The monoisotopic (exact) mass is 238 g/mol. The van der Waals surface area contributed by atoms with E-state index in [1.165, 1.54) is 0 Å². The van der Waals surface area contributed by atoms with Gasteiger partial charge in [-0.2, -0.15) is 0 Å². The van der Waals surface area contributed by atoms with E-state index in [9.17, 15) is 4.79 Å². The van der Waals surface area contributed by atoms with Crippen LogP contribution in [0, 0.1) is 5.41 Å². The Morgan fingerprint density at radius 3 is 2.38 bits per heavy atom. The van der Waals surface area contributed by atoms with Gasteiger partial charge in [-0.05, 0) is 11.5 Å². The zero-order valence-electron chi connectivity index (χ0n) is 10.4. The molecule has 0 aliphatic heterocycles. The van der Waals surface area contributed by atoms with Crippen molar-refractivity contribution >= 4 is 17.4 Å². The second kappa shape index (κ2) is 5.01. The van der Waals surface area contributed by atoms with Crippen molar-refractivity contribution in [3.63, 3.8) is 0 Å². The lowest BCUT2D eigenvalue weighted by Crippen LogP contribution is -2.27. The van der Waals surface area contributed by atoms with Crippen LogP contribution in [0.3, 0.4) is 0 Å². The minimum absolute atomic E-state index is 0.131. The third-order valence-electron chi connectivity index (χ3n) is 2.78. The first-order valence-electron chi connectivity index (χ1n) is 5.60. The summed E-state index contributed by atoms with van der Waals surface area (Å²) in [4.78, 5) is 12.3. The molecule has 0 saturated heterocycles. The number of ketones is 1. The smallest absolute Gasteiger partial charge is 0.169 e. The zero-order valence-corrected chi connectivity index (χ0v) is 11.1. The molecule has 0 fully saturated rings. The van der Waals surface area contributed by atoms with E-state index >= 15 is 0 Å². The van der Waals surface area contributed by atoms with E-state index in [2.05, 4.69) is 13.8 Å². The lowest BCUT2D eigenvalue weighted by atomic mass is 9.82. The van der Waals surface area contributed by atoms with Gasteiger partial charge in [-0.15, -0.1) is 11.6 Å². The van der Waals surface area contributed by atoms with Crippen LogP contribution >= 0.6 is 11.6 Å². The van der Waals surface area contributed by atoms with E-state index in [0.29, 0.717) is 11.8 Å². The number of alkyl halides is 1. The molecule has 1 nitrogen and oxygen atoms in total. The van der Waals surface area contributed by atoms with E-state index in [1.807, 2.05) is 38.1 Å². The Hall–Kier alpha value is -0.820. The molecule has 2 heteroatoms. The molecule has 0 amide bonds. The maximum Gasteiger partial charge on any atom is 0.169 e. The van der Waals surface area contributed by atoms with Gasteiger partial charge < -0.3 is 0 Å². The van der Waals surface area contributed by atoms with Crippen LogP contribution in [-0.2, 0) is 0 Å². The molecular weight excluding hydrogens is 220 g/mol. The van der Waals surface area contributed by atoms with Crippen LogP contribution in [0.1, 0.15) is 49.5 Å². The third-order valence-corrected chi connectivity index (χ3v) is 3.44. The number of benzene rings is 1. The molecule has 0 atom stereocenters. The van der Waals surface area contributed by atoms with Crippen LogP contribution in [0.4, 0.5) is 0 Å². The molecule has 16 heavy (non-hydrogen) atoms. The average Bonchev–Trinajstić information content (AvgIpc) is 2.28. The largest absolute Gasteiger partial charge is 0.294 e. The first kappa shape index (κ1) is 13.2. The van der Waals surface area contributed by atoms with Crippen molar-refractivity contribution in [1.82, 2.24) is 0 Å².